The van der Waals surface area contributed by atoms with Crippen molar-refractivity contribution in [2.75, 3.05) is 6.61 Å². The SMILES string of the molecule is CCCCCc1ccc(CCCOP(=O)(O)OC(F)(F)F)cc1. The quantitative estimate of drug-likeness (QED) is 0.474. The van der Waals surface area contributed by atoms with Gasteiger partial charge in [0.15, 0.2) is 0 Å². The van der Waals surface area contributed by atoms with Crippen LogP contribution < -0.4 is 0 Å². The largest absolute Gasteiger partial charge is 0.531 e. The van der Waals surface area contributed by atoms with Crippen molar-refractivity contribution < 1.29 is 31.7 Å². The summed E-state index contributed by atoms with van der Waals surface area (Å²) in [6, 6.07) is 7.95. The number of phosphoric ester groups is 1. The number of hydrogen-bond donors (Lipinski definition) is 1. The van der Waals surface area contributed by atoms with E-state index in [1.165, 1.54) is 18.4 Å². The molecule has 0 aliphatic rings. The lowest BCUT2D eigenvalue weighted by Gasteiger charge is -2.13. The lowest BCUT2D eigenvalue weighted by molar-refractivity contribution is -0.282. The van der Waals surface area contributed by atoms with Gasteiger partial charge in [0, 0.05) is 0 Å². The smallest absolute Gasteiger partial charge is 0.302 e. The Bertz CT molecular complexity index is 502. The Labute approximate surface area is 134 Å². The van der Waals surface area contributed by atoms with Crippen LogP contribution in [0.2, 0.25) is 0 Å². The van der Waals surface area contributed by atoms with Crippen LogP contribution in [-0.2, 0) is 26.5 Å². The minimum atomic E-state index is -5.20. The van der Waals surface area contributed by atoms with E-state index in [2.05, 4.69) is 16.0 Å². The predicted molar refractivity (Wildman–Crippen MR) is 80.9 cm³/mol. The molecule has 1 atom stereocenters. The van der Waals surface area contributed by atoms with Gasteiger partial charge in [-0.2, -0.15) is 4.52 Å². The van der Waals surface area contributed by atoms with E-state index in [0.29, 0.717) is 12.8 Å². The normalized spacial score (nSPS) is 14.7. The second-order valence-electron chi connectivity index (χ2n) is 5.22. The fourth-order valence-electron chi connectivity index (χ4n) is 2.07. The second-order valence-corrected chi connectivity index (χ2v) is 6.59. The summed E-state index contributed by atoms with van der Waals surface area (Å²) in [4.78, 5) is 8.88. The zero-order valence-electron chi connectivity index (χ0n) is 13.0. The van der Waals surface area contributed by atoms with Crippen LogP contribution in [0.15, 0.2) is 24.3 Å². The van der Waals surface area contributed by atoms with Crippen molar-refractivity contribution >= 4 is 7.82 Å². The van der Waals surface area contributed by atoms with Crippen molar-refractivity contribution in [3.8, 4) is 0 Å². The summed E-state index contributed by atoms with van der Waals surface area (Å²) in [6.07, 6.45) is 0.208. The fraction of sp³-hybridized carbons (Fsp3) is 0.600. The first-order chi connectivity index (χ1) is 10.7. The lowest BCUT2D eigenvalue weighted by atomic mass is 10.0. The molecular formula is C15H22F3O4P. The molecule has 4 nitrogen and oxygen atoms in total. The number of hydrogen-bond acceptors (Lipinski definition) is 3. The van der Waals surface area contributed by atoms with E-state index in [0.717, 1.165) is 18.4 Å². The molecule has 1 aromatic carbocycles. The molecule has 1 aromatic rings. The van der Waals surface area contributed by atoms with Gasteiger partial charge in [-0.3, -0.25) is 4.52 Å². The van der Waals surface area contributed by atoms with E-state index in [1.54, 1.807) is 0 Å². The molecule has 0 aliphatic carbocycles. The molecule has 0 fully saturated rings. The molecule has 1 rings (SSSR count). The van der Waals surface area contributed by atoms with Crippen LogP contribution in [0, 0.1) is 0 Å². The van der Waals surface area contributed by atoms with Gasteiger partial charge in [-0.25, -0.2) is 4.57 Å². The zero-order chi connectivity index (χ0) is 17.3. The van der Waals surface area contributed by atoms with Crippen LogP contribution >= 0.6 is 7.82 Å². The monoisotopic (exact) mass is 354 g/mol. The molecule has 0 saturated heterocycles. The molecule has 0 spiro atoms. The van der Waals surface area contributed by atoms with E-state index < -0.39 is 14.2 Å². The number of benzene rings is 1. The average molecular weight is 354 g/mol. The number of phosphoric acid groups is 1. The van der Waals surface area contributed by atoms with Gasteiger partial charge in [-0.1, -0.05) is 44.0 Å². The number of rotatable bonds is 10. The molecule has 0 aromatic heterocycles. The molecule has 0 bridgehead atoms. The van der Waals surface area contributed by atoms with Gasteiger partial charge >= 0.3 is 14.2 Å². The molecule has 1 N–H and O–H groups in total. The molecule has 1 unspecified atom stereocenters. The summed E-state index contributed by atoms with van der Waals surface area (Å²) in [7, 11) is -5.08. The lowest BCUT2D eigenvalue weighted by Crippen LogP contribution is -2.12. The summed E-state index contributed by atoms with van der Waals surface area (Å²) in [6.45, 7) is 1.86. The number of unbranched alkanes of at least 4 members (excludes halogenated alkanes) is 2. The minimum absolute atomic E-state index is 0.290. The van der Waals surface area contributed by atoms with Crippen molar-refractivity contribution in [1.29, 1.82) is 0 Å². The zero-order valence-corrected chi connectivity index (χ0v) is 13.9. The highest BCUT2D eigenvalue weighted by Crippen LogP contribution is 2.48. The van der Waals surface area contributed by atoms with Crippen molar-refractivity contribution in [1.82, 2.24) is 0 Å². The van der Waals surface area contributed by atoms with E-state index in [-0.39, 0.29) is 6.61 Å². The molecule has 0 radical (unpaired) electrons. The third kappa shape index (κ3) is 9.76. The molecular weight excluding hydrogens is 332 g/mol. The summed E-state index contributed by atoms with van der Waals surface area (Å²) >= 11 is 0. The first-order valence-electron chi connectivity index (χ1n) is 7.54. The fourth-order valence-corrected chi connectivity index (χ4v) is 2.74. The van der Waals surface area contributed by atoms with Crippen LogP contribution in [-0.4, -0.2) is 17.9 Å². The van der Waals surface area contributed by atoms with Crippen LogP contribution in [0.5, 0.6) is 0 Å². The van der Waals surface area contributed by atoms with Crippen molar-refractivity contribution in [2.24, 2.45) is 0 Å². The van der Waals surface area contributed by atoms with Gasteiger partial charge < -0.3 is 4.89 Å². The molecule has 0 saturated carbocycles. The maximum Gasteiger partial charge on any atom is 0.531 e. The van der Waals surface area contributed by atoms with E-state index in [9.17, 15) is 17.7 Å². The second kappa shape index (κ2) is 9.42. The summed E-state index contributed by atoms with van der Waals surface area (Å²) in [5.74, 6) is 0. The van der Waals surface area contributed by atoms with Crippen molar-refractivity contribution in [3.05, 3.63) is 35.4 Å². The van der Waals surface area contributed by atoms with Gasteiger partial charge in [0.05, 0.1) is 6.61 Å². The third-order valence-electron chi connectivity index (χ3n) is 3.18. The van der Waals surface area contributed by atoms with E-state index in [4.69, 9.17) is 4.89 Å². The Balaban J connectivity index is 2.29. The Hall–Kier alpha value is -0.880. The Morgan fingerprint density at radius 1 is 1.04 bits per heavy atom. The summed E-state index contributed by atoms with van der Waals surface area (Å²) < 4.78 is 53.8. The van der Waals surface area contributed by atoms with Crippen LogP contribution in [0.3, 0.4) is 0 Å². The number of halogens is 3. The van der Waals surface area contributed by atoms with Gasteiger partial charge in [0.2, 0.25) is 0 Å². The van der Waals surface area contributed by atoms with Gasteiger partial charge in [0.1, 0.15) is 0 Å². The summed E-state index contributed by atoms with van der Waals surface area (Å²) in [5.41, 5.74) is 2.24. The molecule has 0 aliphatic heterocycles. The van der Waals surface area contributed by atoms with Gasteiger partial charge in [-0.15, -0.1) is 13.2 Å². The standard InChI is InChI=1S/C15H22F3O4P/c1-2-3-4-6-13-8-10-14(11-9-13)7-5-12-21-23(19,20)22-15(16,17)18/h8-11H,2-7,12H2,1H3,(H,19,20). The number of aryl methyl sites for hydroxylation is 2. The Kier molecular flexibility index (Phi) is 8.26. The van der Waals surface area contributed by atoms with Gasteiger partial charge in [-0.05, 0) is 36.8 Å². The van der Waals surface area contributed by atoms with Crippen LogP contribution in [0.4, 0.5) is 13.2 Å². The molecule has 0 amide bonds. The van der Waals surface area contributed by atoms with E-state index >= 15 is 0 Å². The topological polar surface area (TPSA) is 55.8 Å². The van der Waals surface area contributed by atoms with Crippen LogP contribution in [0.1, 0.15) is 43.7 Å². The van der Waals surface area contributed by atoms with E-state index in [1.807, 2.05) is 24.3 Å². The Morgan fingerprint density at radius 2 is 1.57 bits per heavy atom. The highest BCUT2D eigenvalue weighted by molar-refractivity contribution is 7.47. The highest BCUT2D eigenvalue weighted by Gasteiger charge is 2.40. The van der Waals surface area contributed by atoms with Crippen LogP contribution in [0.25, 0.3) is 0 Å². The maximum atomic E-state index is 11.8. The molecule has 23 heavy (non-hydrogen) atoms. The third-order valence-corrected chi connectivity index (χ3v) is 4.12. The minimum Gasteiger partial charge on any atom is -0.302 e. The average Bonchev–Trinajstić information content (AvgIpc) is 2.43. The molecule has 132 valence electrons. The van der Waals surface area contributed by atoms with Crippen molar-refractivity contribution in [2.45, 2.75) is 51.8 Å². The van der Waals surface area contributed by atoms with Crippen molar-refractivity contribution in [3.63, 3.8) is 0 Å². The first kappa shape index (κ1) is 20.2. The van der Waals surface area contributed by atoms with Gasteiger partial charge in [0.25, 0.3) is 0 Å². The predicted octanol–water partition coefficient (Wildman–Crippen LogP) is 5.01. The highest BCUT2D eigenvalue weighted by atomic mass is 31.2. The number of alkyl halides is 3. The first-order valence-corrected chi connectivity index (χ1v) is 9.04. The summed E-state index contributed by atoms with van der Waals surface area (Å²) in [5, 5.41) is 0. The molecule has 8 heteroatoms. The maximum absolute atomic E-state index is 11.8. The molecule has 0 heterocycles. The Morgan fingerprint density at radius 3 is 2.04 bits per heavy atom.